The average Bonchev–Trinajstić information content (AvgIpc) is 2.32. The van der Waals surface area contributed by atoms with Gasteiger partial charge in [0.2, 0.25) is 0 Å². The van der Waals surface area contributed by atoms with Gasteiger partial charge in [-0.25, -0.2) is 0 Å². The molecule has 1 heterocycles. The molecule has 0 radical (unpaired) electrons. The normalized spacial score (nSPS) is 25.7. The molecule has 0 aromatic heterocycles. The summed E-state index contributed by atoms with van der Waals surface area (Å²) in [6.45, 7) is 9.56. The van der Waals surface area contributed by atoms with E-state index in [0.717, 1.165) is 11.3 Å². The van der Waals surface area contributed by atoms with Gasteiger partial charge in [-0.05, 0) is 50.1 Å². The van der Waals surface area contributed by atoms with E-state index >= 15 is 0 Å². The molecule has 0 atom stereocenters. The topological polar surface area (TPSA) is 12.0 Å². The van der Waals surface area contributed by atoms with E-state index < -0.39 is 0 Å². The van der Waals surface area contributed by atoms with Crippen LogP contribution in [0.5, 0.6) is 0 Å². The Morgan fingerprint density at radius 1 is 1.06 bits per heavy atom. The monoisotopic (exact) mass is 225 g/mol. The van der Waals surface area contributed by atoms with Crippen LogP contribution < -0.4 is 5.32 Å². The second kappa shape index (κ2) is 7.32. The van der Waals surface area contributed by atoms with Crippen molar-refractivity contribution in [3.05, 3.63) is 0 Å². The molecule has 1 saturated carbocycles. The van der Waals surface area contributed by atoms with Crippen LogP contribution in [0.3, 0.4) is 0 Å². The Bertz CT molecular complexity index is 164. The Morgan fingerprint density at radius 3 is 1.94 bits per heavy atom. The van der Waals surface area contributed by atoms with E-state index in [0.29, 0.717) is 0 Å². The van der Waals surface area contributed by atoms with Crippen molar-refractivity contribution in [2.24, 2.45) is 11.3 Å². The molecule has 2 aliphatic rings. The van der Waals surface area contributed by atoms with E-state index in [2.05, 4.69) is 26.1 Å². The molecule has 1 saturated heterocycles. The largest absolute Gasteiger partial charge is 0.317 e. The second-order valence-electron chi connectivity index (χ2n) is 6.16. The van der Waals surface area contributed by atoms with Gasteiger partial charge in [0.15, 0.2) is 0 Å². The molecule has 2 rings (SSSR count). The van der Waals surface area contributed by atoms with E-state index in [9.17, 15) is 0 Å². The van der Waals surface area contributed by atoms with Crippen molar-refractivity contribution in [1.82, 2.24) is 5.32 Å². The third kappa shape index (κ3) is 5.34. The van der Waals surface area contributed by atoms with E-state index in [1.807, 2.05) is 0 Å². The maximum absolute atomic E-state index is 3.32. The standard InChI is InChI=1S/C9H18.C6H13N/c1-3-9(2)7-5-4-6-8-9;1-6-2-4-7-5-3-6/h3-8H2,1-2H3;6-7H,2-5H2,1H3. The van der Waals surface area contributed by atoms with Crippen LogP contribution in [0.2, 0.25) is 0 Å². The van der Waals surface area contributed by atoms with Gasteiger partial charge in [0.25, 0.3) is 0 Å². The Hall–Kier alpha value is -0.0400. The van der Waals surface area contributed by atoms with Crippen LogP contribution in [-0.2, 0) is 0 Å². The predicted molar refractivity (Wildman–Crippen MR) is 72.8 cm³/mol. The van der Waals surface area contributed by atoms with Gasteiger partial charge in [-0.1, -0.05) is 46.5 Å². The van der Waals surface area contributed by atoms with Gasteiger partial charge in [0.05, 0.1) is 0 Å². The van der Waals surface area contributed by atoms with E-state index in [4.69, 9.17) is 0 Å². The van der Waals surface area contributed by atoms with E-state index in [-0.39, 0.29) is 0 Å². The van der Waals surface area contributed by atoms with Crippen molar-refractivity contribution in [3.8, 4) is 0 Å². The van der Waals surface area contributed by atoms with Crippen LogP contribution in [0.4, 0.5) is 0 Å². The quantitative estimate of drug-likeness (QED) is 0.698. The van der Waals surface area contributed by atoms with E-state index in [1.54, 1.807) is 0 Å². The smallest absolute Gasteiger partial charge is 0.00464 e. The minimum atomic E-state index is 0.720. The van der Waals surface area contributed by atoms with Gasteiger partial charge >= 0.3 is 0 Å². The Labute approximate surface area is 102 Å². The molecule has 1 N–H and O–H groups in total. The molecule has 0 spiro atoms. The SMILES string of the molecule is CC1CCNCC1.CCC1(C)CCCCC1. The van der Waals surface area contributed by atoms with E-state index in [1.165, 1.54) is 64.5 Å². The van der Waals surface area contributed by atoms with Crippen molar-refractivity contribution in [3.63, 3.8) is 0 Å². The summed E-state index contributed by atoms with van der Waals surface area (Å²) in [4.78, 5) is 0. The third-order valence-electron chi connectivity index (χ3n) is 4.54. The molecule has 1 nitrogen and oxygen atoms in total. The highest BCUT2D eigenvalue weighted by Gasteiger charge is 2.23. The molecule has 0 amide bonds. The first kappa shape index (κ1) is 14.0. The highest BCUT2D eigenvalue weighted by atomic mass is 14.9. The lowest BCUT2D eigenvalue weighted by Crippen LogP contribution is -2.26. The van der Waals surface area contributed by atoms with Crippen LogP contribution in [0, 0.1) is 11.3 Å². The summed E-state index contributed by atoms with van der Waals surface area (Å²) in [6.07, 6.45) is 11.5. The average molecular weight is 225 g/mol. The zero-order valence-electron chi connectivity index (χ0n) is 11.6. The van der Waals surface area contributed by atoms with Crippen molar-refractivity contribution < 1.29 is 0 Å². The summed E-state index contributed by atoms with van der Waals surface area (Å²) in [5.74, 6) is 0.973. The molecule has 0 aromatic rings. The first-order valence-electron chi connectivity index (χ1n) is 7.37. The van der Waals surface area contributed by atoms with Crippen LogP contribution >= 0.6 is 0 Å². The number of hydrogen-bond acceptors (Lipinski definition) is 1. The van der Waals surface area contributed by atoms with Gasteiger partial charge in [-0.15, -0.1) is 0 Å². The number of nitrogens with one attached hydrogen (secondary N) is 1. The van der Waals surface area contributed by atoms with Crippen LogP contribution in [0.25, 0.3) is 0 Å². The van der Waals surface area contributed by atoms with Gasteiger partial charge in [0, 0.05) is 0 Å². The molecule has 1 heteroatoms. The molecule has 96 valence electrons. The minimum Gasteiger partial charge on any atom is -0.317 e. The number of rotatable bonds is 1. The fourth-order valence-electron chi connectivity index (χ4n) is 2.73. The first-order valence-corrected chi connectivity index (χ1v) is 7.37. The summed E-state index contributed by atoms with van der Waals surface area (Å²) in [7, 11) is 0. The lowest BCUT2D eigenvalue weighted by Gasteiger charge is -2.32. The zero-order valence-corrected chi connectivity index (χ0v) is 11.6. The number of hydrogen-bond donors (Lipinski definition) is 1. The first-order chi connectivity index (χ1) is 7.66. The van der Waals surface area contributed by atoms with Crippen molar-refractivity contribution >= 4 is 0 Å². The summed E-state index contributed by atoms with van der Waals surface area (Å²) < 4.78 is 0. The predicted octanol–water partition coefficient (Wildman–Crippen LogP) is 4.37. The zero-order chi connectivity index (χ0) is 11.9. The lowest BCUT2D eigenvalue weighted by molar-refractivity contribution is 0.208. The fraction of sp³-hybridized carbons (Fsp3) is 1.00. The Morgan fingerprint density at radius 2 is 1.62 bits per heavy atom. The second-order valence-corrected chi connectivity index (χ2v) is 6.16. The molecule has 2 fully saturated rings. The summed E-state index contributed by atoms with van der Waals surface area (Å²) in [6, 6.07) is 0. The molecule has 16 heavy (non-hydrogen) atoms. The summed E-state index contributed by atoms with van der Waals surface area (Å²) >= 11 is 0. The molecule has 0 bridgehead atoms. The van der Waals surface area contributed by atoms with Crippen molar-refractivity contribution in [1.29, 1.82) is 0 Å². The van der Waals surface area contributed by atoms with Crippen molar-refractivity contribution in [2.45, 2.75) is 72.1 Å². The molecule has 0 aromatic carbocycles. The highest BCUT2D eigenvalue weighted by molar-refractivity contribution is 4.76. The molecular weight excluding hydrogens is 194 g/mol. The Balaban J connectivity index is 0.000000165. The number of piperidine rings is 1. The van der Waals surface area contributed by atoms with Crippen LogP contribution in [0.15, 0.2) is 0 Å². The Kier molecular flexibility index (Phi) is 6.41. The van der Waals surface area contributed by atoms with Gasteiger partial charge in [-0.3, -0.25) is 0 Å². The minimum absolute atomic E-state index is 0.720. The maximum Gasteiger partial charge on any atom is -0.00464 e. The van der Waals surface area contributed by atoms with Crippen LogP contribution in [0.1, 0.15) is 72.1 Å². The molecule has 0 unspecified atom stereocenters. The fourth-order valence-corrected chi connectivity index (χ4v) is 2.73. The summed E-state index contributed by atoms with van der Waals surface area (Å²) in [5, 5.41) is 3.32. The maximum atomic E-state index is 3.32. The third-order valence-corrected chi connectivity index (χ3v) is 4.54. The van der Waals surface area contributed by atoms with Crippen molar-refractivity contribution in [2.75, 3.05) is 13.1 Å². The lowest BCUT2D eigenvalue weighted by atomic mass is 9.74. The van der Waals surface area contributed by atoms with Gasteiger partial charge < -0.3 is 5.32 Å². The molecular formula is C15H31N. The highest BCUT2D eigenvalue weighted by Crippen LogP contribution is 2.38. The van der Waals surface area contributed by atoms with Gasteiger partial charge in [-0.2, -0.15) is 0 Å². The summed E-state index contributed by atoms with van der Waals surface area (Å²) in [5.41, 5.74) is 0.720. The van der Waals surface area contributed by atoms with Gasteiger partial charge in [0.1, 0.15) is 0 Å². The molecule has 1 aliphatic carbocycles. The molecule has 1 aliphatic heterocycles. The van der Waals surface area contributed by atoms with Crippen LogP contribution in [-0.4, -0.2) is 13.1 Å².